The van der Waals surface area contributed by atoms with Gasteiger partial charge in [-0.1, -0.05) is 6.07 Å². The predicted octanol–water partition coefficient (Wildman–Crippen LogP) is -0.259. The molecule has 6 nitrogen and oxygen atoms in total. The molecule has 1 aliphatic rings. The zero-order chi connectivity index (χ0) is 12.7. The highest BCUT2D eigenvalue weighted by molar-refractivity contribution is 5.97. The summed E-state index contributed by atoms with van der Waals surface area (Å²) in [4.78, 5) is 13.6. The molecule has 2 atom stereocenters. The summed E-state index contributed by atoms with van der Waals surface area (Å²) in [5, 5.41) is 26.5. The fourth-order valence-electron chi connectivity index (χ4n) is 2.19. The van der Waals surface area contributed by atoms with E-state index in [-0.39, 0.29) is 19.0 Å². The summed E-state index contributed by atoms with van der Waals surface area (Å²) in [6.45, 7) is 0.335. The summed E-state index contributed by atoms with van der Waals surface area (Å²) in [6, 6.07) is 5.26. The first kappa shape index (κ1) is 11.2. The maximum absolute atomic E-state index is 12.2. The van der Waals surface area contributed by atoms with E-state index in [0.29, 0.717) is 5.56 Å². The second-order valence-corrected chi connectivity index (χ2v) is 4.52. The molecule has 0 saturated carbocycles. The number of benzene rings is 1. The summed E-state index contributed by atoms with van der Waals surface area (Å²) in [5.74, 6) is -0.192. The van der Waals surface area contributed by atoms with E-state index in [1.54, 1.807) is 18.3 Å². The number of rotatable bonds is 1. The fraction of sp³-hybridized carbons (Fsp3) is 0.333. The number of hydrogen-bond donors (Lipinski definition) is 3. The highest BCUT2D eigenvalue weighted by Gasteiger charge is 2.32. The molecule has 1 amide bonds. The van der Waals surface area contributed by atoms with Gasteiger partial charge in [0, 0.05) is 24.0 Å². The van der Waals surface area contributed by atoms with Crippen LogP contribution in [0.15, 0.2) is 24.4 Å². The average Bonchev–Trinajstić information content (AvgIpc) is 2.95. The second kappa shape index (κ2) is 4.08. The number of carbonyl (C=O) groups excluding carboxylic acids is 1. The smallest absolute Gasteiger partial charge is 0.254 e. The van der Waals surface area contributed by atoms with Crippen LogP contribution in [0.25, 0.3) is 10.9 Å². The van der Waals surface area contributed by atoms with Gasteiger partial charge in [-0.25, -0.2) is 0 Å². The highest BCUT2D eigenvalue weighted by atomic mass is 16.3. The minimum atomic E-state index is -0.857. The SMILES string of the molecule is O=C(c1ccc2cn[nH]c2c1)N1C[C@@H](O)[C@@H](O)C1. The molecule has 0 bridgehead atoms. The molecule has 6 heteroatoms. The summed E-state index contributed by atoms with van der Waals surface area (Å²) in [5.41, 5.74) is 1.31. The standard InChI is InChI=1S/C12H13N3O3/c16-10-5-15(6-11(10)17)12(18)7-1-2-8-4-13-14-9(8)3-7/h1-4,10-11,16-17H,5-6H2,(H,13,14)/t10-,11+. The van der Waals surface area contributed by atoms with Gasteiger partial charge in [0.25, 0.3) is 5.91 Å². The Balaban J connectivity index is 1.87. The van der Waals surface area contributed by atoms with Crippen LogP contribution in [0.5, 0.6) is 0 Å². The maximum atomic E-state index is 12.2. The van der Waals surface area contributed by atoms with Gasteiger partial charge >= 0.3 is 0 Å². The third-order valence-electron chi connectivity index (χ3n) is 3.24. The van der Waals surface area contributed by atoms with Crippen molar-refractivity contribution in [2.24, 2.45) is 0 Å². The molecule has 0 radical (unpaired) electrons. The average molecular weight is 247 g/mol. The lowest BCUT2D eigenvalue weighted by atomic mass is 10.1. The number of likely N-dealkylation sites (tertiary alicyclic amines) is 1. The molecule has 94 valence electrons. The van der Waals surface area contributed by atoms with Gasteiger partial charge < -0.3 is 15.1 Å². The van der Waals surface area contributed by atoms with Crippen molar-refractivity contribution in [3.05, 3.63) is 30.0 Å². The molecule has 1 aliphatic heterocycles. The number of aromatic nitrogens is 2. The first-order chi connectivity index (χ1) is 8.65. The Morgan fingerprint density at radius 2 is 2.06 bits per heavy atom. The van der Waals surface area contributed by atoms with Crippen LogP contribution in [0.2, 0.25) is 0 Å². The van der Waals surface area contributed by atoms with Gasteiger partial charge in [0.15, 0.2) is 0 Å². The van der Waals surface area contributed by atoms with E-state index in [4.69, 9.17) is 0 Å². The summed E-state index contributed by atoms with van der Waals surface area (Å²) in [6.07, 6.45) is -0.0258. The van der Waals surface area contributed by atoms with E-state index in [2.05, 4.69) is 10.2 Å². The number of fused-ring (bicyclic) bond motifs is 1. The van der Waals surface area contributed by atoms with Crippen molar-refractivity contribution in [3.63, 3.8) is 0 Å². The summed E-state index contributed by atoms with van der Waals surface area (Å²) < 4.78 is 0. The number of aliphatic hydroxyl groups excluding tert-OH is 2. The van der Waals surface area contributed by atoms with E-state index in [1.807, 2.05) is 6.07 Å². The van der Waals surface area contributed by atoms with Gasteiger partial charge in [-0.15, -0.1) is 0 Å². The maximum Gasteiger partial charge on any atom is 0.254 e. The Labute approximate surface area is 103 Å². The van der Waals surface area contributed by atoms with E-state index < -0.39 is 12.2 Å². The van der Waals surface area contributed by atoms with Gasteiger partial charge in [0.05, 0.1) is 23.9 Å². The van der Waals surface area contributed by atoms with Crippen LogP contribution in [-0.2, 0) is 0 Å². The molecule has 1 aromatic heterocycles. The molecular formula is C12H13N3O3. The van der Waals surface area contributed by atoms with Crippen LogP contribution in [0.3, 0.4) is 0 Å². The molecule has 1 aromatic carbocycles. The zero-order valence-electron chi connectivity index (χ0n) is 9.58. The third kappa shape index (κ3) is 1.75. The van der Waals surface area contributed by atoms with Gasteiger partial charge in [0.1, 0.15) is 0 Å². The minimum absolute atomic E-state index is 0.168. The summed E-state index contributed by atoms with van der Waals surface area (Å²) in [7, 11) is 0. The van der Waals surface area contributed by atoms with Gasteiger partial charge in [-0.3, -0.25) is 9.89 Å². The molecular weight excluding hydrogens is 234 g/mol. The Kier molecular flexibility index (Phi) is 2.53. The molecule has 1 saturated heterocycles. The lowest BCUT2D eigenvalue weighted by Crippen LogP contribution is -2.29. The van der Waals surface area contributed by atoms with Crippen molar-refractivity contribution >= 4 is 16.8 Å². The van der Waals surface area contributed by atoms with E-state index in [1.165, 1.54) is 4.90 Å². The van der Waals surface area contributed by atoms with Gasteiger partial charge in [-0.2, -0.15) is 5.10 Å². The van der Waals surface area contributed by atoms with Gasteiger partial charge in [0.2, 0.25) is 0 Å². The number of amides is 1. The Morgan fingerprint density at radius 1 is 1.33 bits per heavy atom. The summed E-state index contributed by atoms with van der Waals surface area (Å²) >= 11 is 0. The van der Waals surface area contributed by atoms with Crippen molar-refractivity contribution in [1.29, 1.82) is 0 Å². The first-order valence-corrected chi connectivity index (χ1v) is 5.73. The molecule has 18 heavy (non-hydrogen) atoms. The highest BCUT2D eigenvalue weighted by Crippen LogP contribution is 2.17. The van der Waals surface area contributed by atoms with Crippen molar-refractivity contribution in [1.82, 2.24) is 15.1 Å². The van der Waals surface area contributed by atoms with Crippen molar-refractivity contribution in [2.45, 2.75) is 12.2 Å². The van der Waals surface area contributed by atoms with E-state index in [0.717, 1.165) is 10.9 Å². The largest absolute Gasteiger partial charge is 0.388 e. The van der Waals surface area contributed by atoms with E-state index in [9.17, 15) is 15.0 Å². The topological polar surface area (TPSA) is 89.5 Å². The Bertz CT molecular complexity index is 585. The Morgan fingerprint density at radius 3 is 2.78 bits per heavy atom. The van der Waals surface area contributed by atoms with Crippen LogP contribution >= 0.6 is 0 Å². The first-order valence-electron chi connectivity index (χ1n) is 5.73. The number of β-amino-alcohol motifs (C(OH)–C–C–N with tert-alkyl or cyclic N) is 2. The number of carbonyl (C=O) groups is 1. The van der Waals surface area contributed by atoms with Crippen LogP contribution in [0, 0.1) is 0 Å². The fourth-order valence-corrected chi connectivity index (χ4v) is 2.19. The molecule has 1 fully saturated rings. The van der Waals surface area contributed by atoms with Crippen LogP contribution in [0.1, 0.15) is 10.4 Å². The number of nitrogens with one attached hydrogen (secondary N) is 1. The molecule has 2 aromatic rings. The second-order valence-electron chi connectivity index (χ2n) is 4.52. The van der Waals surface area contributed by atoms with Crippen molar-refractivity contribution in [3.8, 4) is 0 Å². The molecule has 2 heterocycles. The lowest BCUT2D eigenvalue weighted by molar-refractivity contribution is 0.0572. The van der Waals surface area contributed by atoms with Gasteiger partial charge in [-0.05, 0) is 12.1 Å². The minimum Gasteiger partial charge on any atom is -0.388 e. The number of aromatic amines is 1. The number of aliphatic hydroxyl groups is 2. The van der Waals surface area contributed by atoms with Crippen LogP contribution in [-0.4, -0.2) is 56.5 Å². The van der Waals surface area contributed by atoms with Crippen LogP contribution < -0.4 is 0 Å². The van der Waals surface area contributed by atoms with Crippen molar-refractivity contribution < 1.29 is 15.0 Å². The third-order valence-corrected chi connectivity index (χ3v) is 3.24. The molecule has 3 N–H and O–H groups in total. The number of hydrogen-bond acceptors (Lipinski definition) is 4. The molecule has 0 unspecified atom stereocenters. The molecule has 0 spiro atoms. The monoisotopic (exact) mass is 247 g/mol. The predicted molar refractivity (Wildman–Crippen MR) is 64.0 cm³/mol. The quantitative estimate of drug-likeness (QED) is 0.647. The zero-order valence-corrected chi connectivity index (χ0v) is 9.58. The van der Waals surface area contributed by atoms with Crippen molar-refractivity contribution in [2.75, 3.05) is 13.1 Å². The molecule has 3 rings (SSSR count). The number of H-pyrrole nitrogens is 1. The van der Waals surface area contributed by atoms with E-state index >= 15 is 0 Å². The number of nitrogens with zero attached hydrogens (tertiary/aromatic N) is 2. The van der Waals surface area contributed by atoms with Crippen LogP contribution in [0.4, 0.5) is 0 Å². The normalized spacial score (nSPS) is 23.8. The Hall–Kier alpha value is -1.92. The lowest BCUT2D eigenvalue weighted by Gasteiger charge is -2.15. The molecule has 0 aliphatic carbocycles.